The van der Waals surface area contributed by atoms with Crippen LogP contribution in [-0.2, 0) is 32.3 Å². The summed E-state index contributed by atoms with van der Waals surface area (Å²) in [6.45, 7) is 9.57. The van der Waals surface area contributed by atoms with E-state index in [1.165, 1.54) is 0 Å². The minimum atomic E-state index is -0.822. The predicted molar refractivity (Wildman–Crippen MR) is 131 cm³/mol. The molecule has 2 heterocycles. The molecule has 1 unspecified atom stereocenters. The normalized spacial score (nSPS) is 24.1. The molecule has 0 bridgehead atoms. The molecular weight excluding hydrogens is 428 g/mol. The first-order chi connectivity index (χ1) is 16.2. The van der Waals surface area contributed by atoms with Crippen LogP contribution in [-0.4, -0.2) is 47.0 Å². The molecule has 1 N–H and O–H groups in total. The number of β-lactam (4-membered cyclic amide) rings is 1. The Balaban J connectivity index is 1.58. The molecule has 6 nitrogen and oxygen atoms in total. The van der Waals surface area contributed by atoms with Crippen LogP contribution in [0, 0.1) is 5.41 Å². The molecule has 4 atom stereocenters. The van der Waals surface area contributed by atoms with E-state index in [0.29, 0.717) is 6.61 Å². The second-order valence-electron chi connectivity index (χ2n) is 10.5. The Kier molecular flexibility index (Phi) is 7.10. The van der Waals surface area contributed by atoms with Crippen LogP contribution in [0.2, 0.25) is 0 Å². The van der Waals surface area contributed by atoms with Gasteiger partial charge in [-0.15, -0.1) is 0 Å². The molecule has 1 amide bonds. The van der Waals surface area contributed by atoms with Crippen molar-refractivity contribution in [2.24, 2.45) is 5.41 Å². The summed E-state index contributed by atoms with van der Waals surface area (Å²) >= 11 is 0. The molecule has 2 aliphatic heterocycles. The van der Waals surface area contributed by atoms with Crippen LogP contribution in [0.15, 0.2) is 60.7 Å². The number of ether oxygens (including phenoxy) is 2. The van der Waals surface area contributed by atoms with E-state index in [0.717, 1.165) is 30.5 Å². The highest BCUT2D eigenvalue weighted by Crippen LogP contribution is 2.48. The number of rotatable bonds is 8. The highest BCUT2D eigenvalue weighted by molar-refractivity contribution is 5.98. The van der Waals surface area contributed by atoms with Gasteiger partial charge in [0, 0.05) is 0 Å². The van der Waals surface area contributed by atoms with Gasteiger partial charge in [-0.3, -0.25) is 4.79 Å². The van der Waals surface area contributed by atoms with Crippen molar-refractivity contribution in [1.29, 1.82) is 0 Å². The van der Waals surface area contributed by atoms with Crippen molar-refractivity contribution in [2.75, 3.05) is 6.54 Å². The van der Waals surface area contributed by atoms with E-state index in [1.54, 1.807) is 4.90 Å². The lowest BCUT2D eigenvalue weighted by molar-refractivity contribution is -0.194. The van der Waals surface area contributed by atoms with Crippen LogP contribution in [0.1, 0.15) is 51.7 Å². The molecule has 2 aliphatic rings. The first-order valence-electron chi connectivity index (χ1n) is 12.2. The van der Waals surface area contributed by atoms with Gasteiger partial charge in [0.15, 0.2) is 6.04 Å². The Bertz CT molecular complexity index is 980. The fourth-order valence-electron chi connectivity index (χ4n) is 5.50. The molecule has 182 valence electrons. The molecule has 2 fully saturated rings. The Labute approximate surface area is 202 Å². The maximum Gasteiger partial charge on any atom is 0.331 e. The van der Waals surface area contributed by atoms with Crippen LogP contribution >= 0.6 is 0 Å². The van der Waals surface area contributed by atoms with E-state index in [2.05, 4.69) is 26.1 Å². The number of likely N-dealkylation sites (tertiary alicyclic amines) is 1. The van der Waals surface area contributed by atoms with Crippen molar-refractivity contribution in [3.8, 4) is 0 Å². The van der Waals surface area contributed by atoms with Gasteiger partial charge in [-0.25, -0.2) is 4.79 Å². The lowest BCUT2D eigenvalue weighted by Crippen LogP contribution is -2.84. The molecule has 6 heteroatoms. The Morgan fingerprint density at radius 3 is 2.18 bits per heavy atom. The molecule has 1 spiro atoms. The van der Waals surface area contributed by atoms with E-state index >= 15 is 0 Å². The summed E-state index contributed by atoms with van der Waals surface area (Å²) in [4.78, 5) is 28.9. The van der Waals surface area contributed by atoms with Crippen LogP contribution in [0.4, 0.5) is 0 Å². The van der Waals surface area contributed by atoms with E-state index in [-0.39, 0.29) is 24.0 Å². The summed E-state index contributed by atoms with van der Waals surface area (Å²) in [5.74, 6) is -0.457. The standard InChI is InChI=1S/C28H36N2O4/c1-20(33-18-21-12-7-5-8-13-21)23(24(31)34-19-22-14-9-6-10-15-22)30-25(27(2,3)4)28(26(30)32)16-11-17-29-28/h5-10,12-15,20,23,25,29H,11,16-19H2,1-4H3/t20-,23+,25+,28?/m1/s1. The Morgan fingerprint density at radius 1 is 1.06 bits per heavy atom. The monoisotopic (exact) mass is 464 g/mol. The third-order valence-electron chi connectivity index (χ3n) is 6.94. The van der Waals surface area contributed by atoms with Gasteiger partial charge in [0.25, 0.3) is 0 Å². The van der Waals surface area contributed by atoms with E-state index < -0.39 is 23.7 Å². The number of amides is 1. The molecule has 2 saturated heterocycles. The fraction of sp³-hybridized carbons (Fsp3) is 0.500. The third kappa shape index (κ3) is 4.75. The van der Waals surface area contributed by atoms with Gasteiger partial charge in [0.2, 0.25) is 5.91 Å². The summed E-state index contributed by atoms with van der Waals surface area (Å²) in [7, 11) is 0. The van der Waals surface area contributed by atoms with Crippen LogP contribution < -0.4 is 5.32 Å². The topological polar surface area (TPSA) is 67.9 Å². The minimum absolute atomic E-state index is 0.0262. The Hall–Kier alpha value is -2.70. The zero-order chi connectivity index (χ0) is 24.3. The quantitative estimate of drug-likeness (QED) is 0.471. The highest BCUT2D eigenvalue weighted by atomic mass is 16.5. The lowest BCUT2D eigenvalue weighted by Gasteiger charge is -2.61. The number of hydrogen-bond acceptors (Lipinski definition) is 5. The second kappa shape index (κ2) is 9.88. The number of hydrogen-bond donors (Lipinski definition) is 1. The van der Waals surface area contributed by atoms with Crippen LogP contribution in [0.3, 0.4) is 0 Å². The second-order valence-corrected chi connectivity index (χ2v) is 10.5. The van der Waals surface area contributed by atoms with Gasteiger partial charge in [0.1, 0.15) is 12.1 Å². The summed E-state index contributed by atoms with van der Waals surface area (Å²) in [6.07, 6.45) is 1.21. The van der Waals surface area contributed by atoms with Gasteiger partial charge in [-0.1, -0.05) is 81.4 Å². The average Bonchev–Trinajstić information content (AvgIpc) is 3.33. The van der Waals surface area contributed by atoms with Crippen molar-refractivity contribution >= 4 is 11.9 Å². The highest BCUT2D eigenvalue weighted by Gasteiger charge is 2.67. The van der Waals surface area contributed by atoms with E-state index in [9.17, 15) is 9.59 Å². The molecule has 2 aromatic carbocycles. The number of carbonyl (C=O) groups is 2. The predicted octanol–water partition coefficient (Wildman–Crippen LogP) is 4.08. The molecule has 0 aromatic heterocycles. The fourth-order valence-corrected chi connectivity index (χ4v) is 5.50. The smallest absolute Gasteiger partial charge is 0.331 e. The minimum Gasteiger partial charge on any atom is -0.459 e. The Morgan fingerprint density at radius 2 is 1.65 bits per heavy atom. The van der Waals surface area contributed by atoms with Crippen molar-refractivity contribution in [2.45, 2.75) is 77.5 Å². The molecule has 2 aromatic rings. The molecule has 0 aliphatic carbocycles. The largest absolute Gasteiger partial charge is 0.459 e. The van der Waals surface area contributed by atoms with Gasteiger partial charge < -0.3 is 19.7 Å². The number of esters is 1. The summed E-state index contributed by atoms with van der Waals surface area (Å²) < 4.78 is 11.9. The van der Waals surface area contributed by atoms with Crippen LogP contribution in [0.25, 0.3) is 0 Å². The molecule has 4 rings (SSSR count). The van der Waals surface area contributed by atoms with Gasteiger partial charge >= 0.3 is 5.97 Å². The first-order valence-corrected chi connectivity index (χ1v) is 12.2. The van der Waals surface area contributed by atoms with Crippen molar-refractivity contribution in [1.82, 2.24) is 10.2 Å². The van der Waals surface area contributed by atoms with Gasteiger partial charge in [-0.05, 0) is 42.9 Å². The van der Waals surface area contributed by atoms with Crippen LogP contribution in [0.5, 0.6) is 0 Å². The number of benzene rings is 2. The summed E-state index contributed by atoms with van der Waals surface area (Å²) in [5, 5.41) is 3.47. The zero-order valence-electron chi connectivity index (χ0n) is 20.6. The van der Waals surface area contributed by atoms with Gasteiger partial charge in [-0.2, -0.15) is 0 Å². The molecular formula is C28H36N2O4. The number of nitrogens with zero attached hydrogens (tertiary/aromatic N) is 1. The average molecular weight is 465 g/mol. The van der Waals surface area contributed by atoms with Crippen molar-refractivity contribution in [3.63, 3.8) is 0 Å². The summed E-state index contributed by atoms with van der Waals surface area (Å²) in [5.41, 5.74) is 1.10. The molecule has 0 radical (unpaired) electrons. The lowest BCUT2D eigenvalue weighted by atomic mass is 9.64. The maximum absolute atomic E-state index is 13.6. The van der Waals surface area contributed by atoms with Crippen molar-refractivity contribution in [3.05, 3.63) is 71.8 Å². The van der Waals surface area contributed by atoms with E-state index in [4.69, 9.17) is 9.47 Å². The zero-order valence-corrected chi connectivity index (χ0v) is 20.6. The molecule has 0 saturated carbocycles. The van der Waals surface area contributed by atoms with Gasteiger partial charge in [0.05, 0.1) is 18.8 Å². The van der Waals surface area contributed by atoms with E-state index in [1.807, 2.05) is 67.6 Å². The molecule has 34 heavy (non-hydrogen) atoms. The first kappa shape index (κ1) is 24.4. The number of nitrogens with one attached hydrogen (secondary N) is 1. The number of carbonyl (C=O) groups excluding carboxylic acids is 2. The van der Waals surface area contributed by atoms with Crippen molar-refractivity contribution < 1.29 is 19.1 Å². The third-order valence-corrected chi connectivity index (χ3v) is 6.94. The SMILES string of the molecule is C[C@@H](OCc1ccccc1)[C@@H](C(=O)OCc1ccccc1)N1C(=O)C2(CCCN2)[C@@H]1C(C)(C)C. The summed E-state index contributed by atoms with van der Waals surface area (Å²) in [6, 6.07) is 18.5. The maximum atomic E-state index is 13.6.